The SMILES string of the molecule is Cl.Nc1ccccc1CCC(=O)N(C1CC1)C1CCCc2ccccc21. The summed E-state index contributed by atoms with van der Waals surface area (Å²) in [4.78, 5) is 15.3. The number of hydrogen-bond acceptors (Lipinski definition) is 2. The molecule has 1 saturated carbocycles. The minimum Gasteiger partial charge on any atom is -0.399 e. The van der Waals surface area contributed by atoms with Gasteiger partial charge in [-0.15, -0.1) is 12.4 Å². The predicted octanol–water partition coefficient (Wildman–Crippen LogP) is 4.69. The fourth-order valence-corrected chi connectivity index (χ4v) is 4.13. The van der Waals surface area contributed by atoms with Gasteiger partial charge >= 0.3 is 0 Å². The Balaban J connectivity index is 0.00000196. The van der Waals surface area contributed by atoms with Crippen LogP contribution in [0.4, 0.5) is 5.69 Å². The molecule has 2 aliphatic rings. The van der Waals surface area contributed by atoms with Gasteiger partial charge in [-0.25, -0.2) is 0 Å². The molecule has 4 heteroatoms. The van der Waals surface area contributed by atoms with Gasteiger partial charge in [-0.1, -0.05) is 42.5 Å². The molecule has 0 aliphatic heterocycles. The van der Waals surface area contributed by atoms with E-state index in [2.05, 4.69) is 29.2 Å². The smallest absolute Gasteiger partial charge is 0.223 e. The van der Waals surface area contributed by atoms with Crippen LogP contribution in [-0.2, 0) is 17.6 Å². The van der Waals surface area contributed by atoms with Gasteiger partial charge < -0.3 is 10.6 Å². The number of anilines is 1. The molecule has 1 fully saturated rings. The first-order valence-electron chi connectivity index (χ1n) is 9.46. The maximum Gasteiger partial charge on any atom is 0.223 e. The molecule has 1 atom stereocenters. The van der Waals surface area contributed by atoms with Crippen LogP contribution in [0.2, 0.25) is 0 Å². The maximum atomic E-state index is 13.1. The molecule has 26 heavy (non-hydrogen) atoms. The Hall–Kier alpha value is -2.00. The average Bonchev–Trinajstić information content (AvgIpc) is 3.46. The third kappa shape index (κ3) is 3.88. The second-order valence-electron chi connectivity index (χ2n) is 7.34. The number of carbonyl (C=O) groups excluding carboxylic acids is 1. The van der Waals surface area contributed by atoms with Gasteiger partial charge in [-0.3, -0.25) is 4.79 Å². The maximum absolute atomic E-state index is 13.1. The third-order valence-corrected chi connectivity index (χ3v) is 5.57. The molecule has 2 aromatic carbocycles. The molecule has 0 bridgehead atoms. The molecule has 0 heterocycles. The Morgan fingerprint density at radius 2 is 1.77 bits per heavy atom. The average molecular weight is 371 g/mol. The number of amides is 1. The van der Waals surface area contributed by atoms with Crippen molar-refractivity contribution in [3.05, 3.63) is 65.2 Å². The highest BCUT2D eigenvalue weighted by molar-refractivity contribution is 5.85. The highest BCUT2D eigenvalue weighted by Crippen LogP contribution is 2.41. The van der Waals surface area contributed by atoms with Gasteiger partial charge in [0.25, 0.3) is 0 Å². The zero-order valence-corrected chi connectivity index (χ0v) is 15.9. The minimum atomic E-state index is 0. The summed E-state index contributed by atoms with van der Waals surface area (Å²) in [6.45, 7) is 0. The first-order valence-corrected chi connectivity index (χ1v) is 9.46. The molecule has 0 aromatic heterocycles. The monoisotopic (exact) mass is 370 g/mol. The second-order valence-corrected chi connectivity index (χ2v) is 7.34. The molecular weight excluding hydrogens is 344 g/mol. The minimum absolute atomic E-state index is 0. The standard InChI is InChI=1S/C22H26N2O.ClH/c23-20-10-4-2-7-17(20)12-15-22(25)24(18-13-14-18)21-11-5-8-16-6-1-3-9-19(16)21;/h1-4,6-7,9-10,18,21H,5,8,11-15,23H2;1H. The van der Waals surface area contributed by atoms with Gasteiger partial charge in [-0.2, -0.15) is 0 Å². The first-order chi connectivity index (χ1) is 12.2. The second kappa shape index (κ2) is 8.13. The largest absolute Gasteiger partial charge is 0.399 e. The van der Waals surface area contributed by atoms with E-state index in [1.807, 2.05) is 24.3 Å². The van der Waals surface area contributed by atoms with Crippen LogP contribution in [0.15, 0.2) is 48.5 Å². The van der Waals surface area contributed by atoms with Crippen molar-refractivity contribution in [1.82, 2.24) is 4.90 Å². The van der Waals surface area contributed by atoms with Crippen molar-refractivity contribution < 1.29 is 4.79 Å². The number of nitrogen functional groups attached to an aromatic ring is 1. The summed E-state index contributed by atoms with van der Waals surface area (Å²) in [5.74, 6) is 0.285. The van der Waals surface area contributed by atoms with E-state index in [4.69, 9.17) is 5.73 Å². The molecule has 0 radical (unpaired) electrons. The molecule has 138 valence electrons. The summed E-state index contributed by atoms with van der Waals surface area (Å²) in [6, 6.07) is 17.2. The van der Waals surface area contributed by atoms with E-state index in [-0.39, 0.29) is 24.4 Å². The number of benzene rings is 2. The van der Waals surface area contributed by atoms with Crippen molar-refractivity contribution in [2.45, 2.75) is 57.0 Å². The summed E-state index contributed by atoms with van der Waals surface area (Å²) in [5.41, 5.74) is 10.7. The fraction of sp³-hybridized carbons (Fsp3) is 0.409. The Kier molecular flexibility index (Phi) is 5.87. The molecule has 0 spiro atoms. The lowest BCUT2D eigenvalue weighted by Gasteiger charge is -2.36. The number of fused-ring (bicyclic) bond motifs is 1. The van der Waals surface area contributed by atoms with Gasteiger partial charge in [0.15, 0.2) is 0 Å². The van der Waals surface area contributed by atoms with Crippen LogP contribution in [0, 0.1) is 0 Å². The number of hydrogen-bond donors (Lipinski definition) is 1. The normalized spacial score (nSPS) is 18.5. The Morgan fingerprint density at radius 3 is 2.54 bits per heavy atom. The predicted molar refractivity (Wildman–Crippen MR) is 108 cm³/mol. The molecule has 4 rings (SSSR count). The summed E-state index contributed by atoms with van der Waals surface area (Å²) >= 11 is 0. The molecule has 1 amide bonds. The zero-order valence-electron chi connectivity index (χ0n) is 15.1. The number of para-hydroxylation sites is 1. The first kappa shape index (κ1) is 18.8. The molecule has 0 saturated heterocycles. The van der Waals surface area contributed by atoms with Crippen molar-refractivity contribution in [2.75, 3.05) is 5.73 Å². The Morgan fingerprint density at radius 1 is 1.04 bits per heavy atom. The van der Waals surface area contributed by atoms with Crippen molar-refractivity contribution in [2.24, 2.45) is 0 Å². The van der Waals surface area contributed by atoms with Crippen LogP contribution >= 0.6 is 12.4 Å². The van der Waals surface area contributed by atoms with Crippen LogP contribution in [0.3, 0.4) is 0 Å². The van der Waals surface area contributed by atoms with E-state index in [9.17, 15) is 4.79 Å². The molecule has 2 aliphatic carbocycles. The fourth-order valence-electron chi connectivity index (χ4n) is 4.13. The van der Waals surface area contributed by atoms with Gasteiger partial charge in [0.05, 0.1) is 6.04 Å². The Labute approximate surface area is 162 Å². The Bertz CT molecular complexity index is 772. The summed E-state index contributed by atoms with van der Waals surface area (Å²) in [5, 5.41) is 0. The van der Waals surface area contributed by atoms with Crippen molar-refractivity contribution in [3.8, 4) is 0 Å². The van der Waals surface area contributed by atoms with E-state index < -0.39 is 0 Å². The molecule has 2 N–H and O–H groups in total. The molecule has 1 unspecified atom stereocenters. The lowest BCUT2D eigenvalue weighted by molar-refractivity contribution is -0.134. The van der Waals surface area contributed by atoms with E-state index >= 15 is 0 Å². The molecular formula is C22H27ClN2O. The highest BCUT2D eigenvalue weighted by Gasteiger charge is 2.39. The van der Waals surface area contributed by atoms with Gasteiger partial charge in [0.1, 0.15) is 0 Å². The summed E-state index contributed by atoms with van der Waals surface area (Å²) in [6.07, 6.45) is 6.97. The van der Waals surface area contributed by atoms with E-state index in [1.165, 1.54) is 17.5 Å². The zero-order chi connectivity index (χ0) is 17.2. The lowest BCUT2D eigenvalue weighted by atomic mass is 9.86. The van der Waals surface area contributed by atoms with Crippen LogP contribution in [0.5, 0.6) is 0 Å². The van der Waals surface area contributed by atoms with E-state index in [0.717, 1.165) is 43.4 Å². The van der Waals surface area contributed by atoms with Crippen molar-refractivity contribution >= 4 is 24.0 Å². The van der Waals surface area contributed by atoms with Gasteiger partial charge in [0, 0.05) is 18.2 Å². The van der Waals surface area contributed by atoms with Crippen LogP contribution in [0.25, 0.3) is 0 Å². The summed E-state index contributed by atoms with van der Waals surface area (Å²) in [7, 11) is 0. The van der Waals surface area contributed by atoms with Crippen LogP contribution in [-0.4, -0.2) is 16.8 Å². The number of carbonyl (C=O) groups is 1. The van der Waals surface area contributed by atoms with Crippen LogP contribution in [0.1, 0.15) is 54.8 Å². The number of halogens is 1. The highest BCUT2D eigenvalue weighted by atomic mass is 35.5. The lowest BCUT2D eigenvalue weighted by Crippen LogP contribution is -2.38. The van der Waals surface area contributed by atoms with Gasteiger partial charge in [-0.05, 0) is 61.3 Å². The number of nitrogens with two attached hydrogens (primary N) is 1. The van der Waals surface area contributed by atoms with Crippen molar-refractivity contribution in [3.63, 3.8) is 0 Å². The van der Waals surface area contributed by atoms with Gasteiger partial charge in [0.2, 0.25) is 5.91 Å². The quantitative estimate of drug-likeness (QED) is 0.776. The number of nitrogens with zero attached hydrogens (tertiary/aromatic N) is 1. The summed E-state index contributed by atoms with van der Waals surface area (Å²) < 4.78 is 0. The molecule has 3 nitrogen and oxygen atoms in total. The van der Waals surface area contributed by atoms with E-state index in [0.29, 0.717) is 12.5 Å². The topological polar surface area (TPSA) is 46.3 Å². The third-order valence-electron chi connectivity index (χ3n) is 5.57. The van der Waals surface area contributed by atoms with Crippen LogP contribution < -0.4 is 5.73 Å². The van der Waals surface area contributed by atoms with Crippen molar-refractivity contribution in [1.29, 1.82) is 0 Å². The number of rotatable bonds is 5. The molecule has 2 aromatic rings. The van der Waals surface area contributed by atoms with E-state index in [1.54, 1.807) is 0 Å². The number of aryl methyl sites for hydroxylation is 2.